The molecule has 34 heavy (non-hydrogen) atoms. The summed E-state index contributed by atoms with van der Waals surface area (Å²) in [7, 11) is 1.42. The average molecular weight is 526 g/mol. The Morgan fingerprint density at radius 1 is 1.03 bits per heavy atom. The number of ether oxygens (including phenoxy) is 4. The second kappa shape index (κ2) is 9.75. The Hall–Kier alpha value is -4.18. The minimum absolute atomic E-state index is 0.00794. The van der Waals surface area contributed by atoms with E-state index in [2.05, 4.69) is 20.9 Å². The number of hydrogen-bond donors (Lipinski definition) is 0. The van der Waals surface area contributed by atoms with Crippen LogP contribution >= 0.6 is 15.9 Å². The number of carbonyl (C=O) groups excluding carboxylic acids is 3. The maximum absolute atomic E-state index is 12.5. The molecule has 0 radical (unpaired) electrons. The molecule has 1 aliphatic rings. The van der Waals surface area contributed by atoms with Gasteiger partial charge in [0.25, 0.3) is 0 Å². The third kappa shape index (κ3) is 5.07. The second-order valence-corrected chi connectivity index (χ2v) is 7.76. The summed E-state index contributed by atoms with van der Waals surface area (Å²) >= 11 is 3.36. The molecule has 1 aromatic heterocycles. The van der Waals surface area contributed by atoms with E-state index in [1.54, 1.807) is 30.3 Å². The number of hydrogen-bond acceptors (Lipinski definition) is 9. The molecule has 0 atom stereocenters. The molecule has 0 bridgehead atoms. The van der Waals surface area contributed by atoms with Crippen molar-refractivity contribution in [3.05, 3.63) is 81.9 Å². The molecule has 0 spiro atoms. The van der Waals surface area contributed by atoms with Crippen molar-refractivity contribution < 1.29 is 37.7 Å². The summed E-state index contributed by atoms with van der Waals surface area (Å²) in [6, 6.07) is 12.6. The fourth-order valence-corrected chi connectivity index (χ4v) is 3.37. The number of aliphatic imine (C=N–C) groups is 1. The van der Waals surface area contributed by atoms with E-state index in [1.807, 2.05) is 0 Å². The quantitative estimate of drug-likeness (QED) is 0.261. The Kier molecular flexibility index (Phi) is 6.60. The summed E-state index contributed by atoms with van der Waals surface area (Å²) in [5.41, 5.74) is 0.837. The van der Waals surface area contributed by atoms with Gasteiger partial charge in [-0.25, -0.2) is 14.6 Å². The first-order valence-electron chi connectivity index (χ1n) is 9.78. The maximum Gasteiger partial charge on any atom is 0.379 e. The number of halogens is 1. The lowest BCUT2D eigenvalue weighted by Gasteiger charge is -2.09. The highest BCUT2D eigenvalue weighted by Crippen LogP contribution is 2.31. The second-order valence-electron chi connectivity index (χ2n) is 6.84. The summed E-state index contributed by atoms with van der Waals surface area (Å²) in [6.07, 6.45) is 2.80. The minimum atomic E-state index is -0.693. The molecule has 3 aromatic rings. The van der Waals surface area contributed by atoms with Crippen LogP contribution in [0.15, 0.2) is 74.4 Å². The number of methoxy groups -OCH3 is 1. The van der Waals surface area contributed by atoms with Crippen molar-refractivity contribution in [2.75, 3.05) is 7.11 Å². The van der Waals surface area contributed by atoms with Crippen molar-refractivity contribution >= 4 is 45.8 Å². The molecular weight excluding hydrogens is 510 g/mol. The van der Waals surface area contributed by atoms with Crippen molar-refractivity contribution in [2.24, 2.45) is 4.99 Å². The van der Waals surface area contributed by atoms with Gasteiger partial charge >= 0.3 is 17.9 Å². The van der Waals surface area contributed by atoms with Crippen LogP contribution in [0.4, 0.5) is 0 Å². The molecule has 10 heteroatoms. The van der Waals surface area contributed by atoms with Crippen LogP contribution in [0.5, 0.6) is 17.2 Å². The smallest absolute Gasteiger partial charge is 0.379 e. The number of nitrogens with zero attached hydrogens (tertiary/aromatic N) is 1. The van der Waals surface area contributed by atoms with Crippen LogP contribution in [-0.2, 0) is 14.3 Å². The topological polar surface area (TPSA) is 114 Å². The van der Waals surface area contributed by atoms with Gasteiger partial charge in [-0.2, -0.15) is 0 Å². The Labute approximate surface area is 201 Å². The van der Waals surface area contributed by atoms with Gasteiger partial charge in [0, 0.05) is 22.5 Å². The van der Waals surface area contributed by atoms with Gasteiger partial charge in [-0.15, -0.1) is 0 Å². The largest absolute Gasteiger partial charge is 0.493 e. The number of furan rings is 1. The molecule has 0 saturated carbocycles. The number of rotatable bonds is 6. The summed E-state index contributed by atoms with van der Waals surface area (Å²) < 4.78 is 26.8. The molecular formula is C24H16BrNO8. The first-order chi connectivity index (χ1) is 16.3. The van der Waals surface area contributed by atoms with Crippen molar-refractivity contribution in [1.29, 1.82) is 0 Å². The molecule has 0 fully saturated rings. The highest BCUT2D eigenvalue weighted by atomic mass is 79.9. The van der Waals surface area contributed by atoms with E-state index in [9.17, 15) is 14.4 Å². The first kappa shape index (κ1) is 23.0. The summed E-state index contributed by atoms with van der Waals surface area (Å²) in [4.78, 5) is 40.3. The molecule has 1 aliphatic heterocycles. The molecule has 172 valence electrons. The van der Waals surface area contributed by atoms with Crippen molar-refractivity contribution in [3.63, 3.8) is 0 Å². The van der Waals surface area contributed by atoms with E-state index in [1.165, 1.54) is 44.6 Å². The minimum Gasteiger partial charge on any atom is -0.493 e. The maximum atomic E-state index is 12.5. The van der Waals surface area contributed by atoms with Gasteiger partial charge in [-0.1, -0.05) is 15.9 Å². The molecule has 9 nitrogen and oxygen atoms in total. The highest BCUT2D eigenvalue weighted by molar-refractivity contribution is 9.10. The van der Waals surface area contributed by atoms with Crippen LogP contribution in [-0.4, -0.2) is 30.9 Å². The zero-order valence-corrected chi connectivity index (χ0v) is 19.5. The van der Waals surface area contributed by atoms with Gasteiger partial charge < -0.3 is 23.4 Å². The Bertz CT molecular complexity index is 1340. The monoisotopic (exact) mass is 525 g/mol. The fourth-order valence-electron chi connectivity index (χ4n) is 2.99. The predicted octanol–water partition coefficient (Wildman–Crippen LogP) is 4.54. The number of esters is 3. The predicted molar refractivity (Wildman–Crippen MR) is 123 cm³/mol. The molecule has 0 amide bonds. The van der Waals surface area contributed by atoms with E-state index in [-0.39, 0.29) is 34.6 Å². The summed E-state index contributed by atoms with van der Waals surface area (Å²) in [5, 5.41) is 0. The normalized spacial score (nSPS) is 13.9. The van der Waals surface area contributed by atoms with E-state index >= 15 is 0 Å². The molecule has 2 aromatic carbocycles. The summed E-state index contributed by atoms with van der Waals surface area (Å²) in [6.45, 7) is 1.27. The Balaban J connectivity index is 1.65. The number of benzene rings is 2. The zero-order chi connectivity index (χ0) is 24.2. The Morgan fingerprint density at radius 3 is 2.53 bits per heavy atom. The van der Waals surface area contributed by atoms with E-state index in [0.717, 1.165) is 0 Å². The molecule has 0 unspecified atom stereocenters. The van der Waals surface area contributed by atoms with Gasteiger partial charge in [0.2, 0.25) is 11.7 Å². The van der Waals surface area contributed by atoms with Crippen LogP contribution in [0.25, 0.3) is 6.08 Å². The zero-order valence-electron chi connectivity index (χ0n) is 17.9. The van der Waals surface area contributed by atoms with Crippen LogP contribution in [0, 0.1) is 0 Å². The number of carbonyl (C=O) groups is 3. The molecule has 0 N–H and O–H groups in total. The SMILES string of the molecule is COc1cc(C2=N/C(=C\c3cc(Br)ccc3OC(=O)c3ccco3)C(=O)O2)ccc1OC(C)=O. The third-order valence-corrected chi connectivity index (χ3v) is 4.97. The standard InChI is InChI=1S/C24H16BrNO8/c1-13(27)32-19-7-5-14(12-21(19)30-2)22-26-17(23(28)34-22)11-15-10-16(25)6-8-18(15)33-24(29)20-4-3-9-31-20/h3-12H,1-2H3/b17-11-. The first-order valence-corrected chi connectivity index (χ1v) is 10.6. The lowest BCUT2D eigenvalue weighted by atomic mass is 10.1. The average Bonchev–Trinajstić information content (AvgIpc) is 3.46. The third-order valence-electron chi connectivity index (χ3n) is 4.47. The lowest BCUT2D eigenvalue weighted by molar-refractivity contribution is -0.132. The van der Waals surface area contributed by atoms with Crippen molar-refractivity contribution in [3.8, 4) is 17.2 Å². The van der Waals surface area contributed by atoms with Crippen LogP contribution in [0.1, 0.15) is 28.6 Å². The molecule has 4 rings (SSSR count). The van der Waals surface area contributed by atoms with E-state index < -0.39 is 17.9 Å². The van der Waals surface area contributed by atoms with Crippen LogP contribution < -0.4 is 14.2 Å². The van der Waals surface area contributed by atoms with E-state index in [0.29, 0.717) is 15.6 Å². The van der Waals surface area contributed by atoms with Gasteiger partial charge in [0.1, 0.15) is 5.75 Å². The van der Waals surface area contributed by atoms with Crippen LogP contribution in [0.2, 0.25) is 0 Å². The van der Waals surface area contributed by atoms with Crippen molar-refractivity contribution in [2.45, 2.75) is 6.92 Å². The number of cyclic esters (lactones) is 1. The molecule has 2 heterocycles. The van der Waals surface area contributed by atoms with E-state index in [4.69, 9.17) is 23.4 Å². The summed E-state index contributed by atoms with van der Waals surface area (Å²) in [5.74, 6) is -1.13. The lowest BCUT2D eigenvalue weighted by Crippen LogP contribution is -2.08. The highest BCUT2D eigenvalue weighted by Gasteiger charge is 2.26. The molecule has 0 saturated heterocycles. The van der Waals surface area contributed by atoms with Crippen LogP contribution in [0.3, 0.4) is 0 Å². The Morgan fingerprint density at radius 2 is 1.82 bits per heavy atom. The molecule has 0 aliphatic carbocycles. The van der Waals surface area contributed by atoms with Gasteiger partial charge in [0.05, 0.1) is 13.4 Å². The van der Waals surface area contributed by atoms with Gasteiger partial charge in [0.15, 0.2) is 17.2 Å². The van der Waals surface area contributed by atoms with Gasteiger partial charge in [-0.3, -0.25) is 4.79 Å². The van der Waals surface area contributed by atoms with Crippen molar-refractivity contribution in [1.82, 2.24) is 0 Å². The van der Waals surface area contributed by atoms with Gasteiger partial charge in [-0.05, 0) is 54.6 Å². The fraction of sp³-hybridized carbons (Fsp3) is 0.0833.